The van der Waals surface area contributed by atoms with Crippen molar-refractivity contribution in [2.75, 3.05) is 34.3 Å². The number of likely N-dealkylation sites (N-methyl/N-ethyl adjacent to an activating group) is 1. The highest BCUT2D eigenvalue weighted by atomic mass is 16.5. The maximum atomic E-state index is 11.6. The van der Waals surface area contributed by atoms with Gasteiger partial charge >= 0.3 is 5.97 Å². The second kappa shape index (κ2) is 8.93. The predicted molar refractivity (Wildman–Crippen MR) is 82.3 cm³/mol. The maximum absolute atomic E-state index is 11.6. The summed E-state index contributed by atoms with van der Waals surface area (Å²) in [6.07, 6.45) is 4.81. The standard InChI is InChI=1S/C16H30NO3/c1-13(2)8-7-9-14(3)10-16(19)20-12-15(18)11-17(4,5)6/h8,10,15,18H,7,9,11-12H2,1-6H3/q+1. The summed E-state index contributed by atoms with van der Waals surface area (Å²) < 4.78 is 5.69. The van der Waals surface area contributed by atoms with Crippen LogP contribution in [0, 0.1) is 0 Å². The molecule has 0 saturated carbocycles. The maximum Gasteiger partial charge on any atom is 0.330 e. The van der Waals surface area contributed by atoms with Crippen molar-refractivity contribution >= 4 is 5.97 Å². The fourth-order valence-corrected chi connectivity index (χ4v) is 1.77. The van der Waals surface area contributed by atoms with Crippen molar-refractivity contribution < 1.29 is 19.1 Å². The van der Waals surface area contributed by atoms with Crippen LogP contribution < -0.4 is 0 Å². The van der Waals surface area contributed by atoms with Gasteiger partial charge in [0.05, 0.1) is 21.1 Å². The average molecular weight is 284 g/mol. The summed E-state index contributed by atoms with van der Waals surface area (Å²) in [7, 11) is 5.95. The van der Waals surface area contributed by atoms with E-state index in [1.54, 1.807) is 0 Å². The average Bonchev–Trinajstić information content (AvgIpc) is 2.23. The molecule has 1 N–H and O–H groups in total. The zero-order chi connectivity index (χ0) is 15.8. The van der Waals surface area contributed by atoms with Gasteiger partial charge in [-0.3, -0.25) is 0 Å². The zero-order valence-electron chi connectivity index (χ0n) is 13.8. The molecule has 0 amide bonds. The smallest absolute Gasteiger partial charge is 0.330 e. The van der Waals surface area contributed by atoms with Gasteiger partial charge in [0, 0.05) is 6.08 Å². The van der Waals surface area contributed by atoms with Crippen LogP contribution in [0.2, 0.25) is 0 Å². The summed E-state index contributed by atoms with van der Waals surface area (Å²) >= 11 is 0. The number of esters is 1. The molecule has 0 fully saturated rings. The van der Waals surface area contributed by atoms with Gasteiger partial charge < -0.3 is 14.3 Å². The van der Waals surface area contributed by atoms with Crippen molar-refractivity contribution in [3.63, 3.8) is 0 Å². The molecule has 20 heavy (non-hydrogen) atoms. The molecule has 0 aliphatic rings. The van der Waals surface area contributed by atoms with Crippen LogP contribution in [0.25, 0.3) is 0 Å². The number of aliphatic hydroxyl groups is 1. The summed E-state index contributed by atoms with van der Waals surface area (Å²) in [5.41, 5.74) is 2.28. The minimum Gasteiger partial charge on any atom is -0.460 e. The highest BCUT2D eigenvalue weighted by Gasteiger charge is 2.16. The molecule has 0 aliphatic carbocycles. The molecule has 116 valence electrons. The molecular weight excluding hydrogens is 254 g/mol. The van der Waals surface area contributed by atoms with E-state index >= 15 is 0 Å². The molecule has 0 saturated heterocycles. The Labute approximate surface area is 123 Å². The highest BCUT2D eigenvalue weighted by molar-refractivity contribution is 5.82. The largest absolute Gasteiger partial charge is 0.460 e. The Morgan fingerprint density at radius 3 is 2.35 bits per heavy atom. The van der Waals surface area contributed by atoms with Gasteiger partial charge in [-0.1, -0.05) is 17.2 Å². The zero-order valence-corrected chi connectivity index (χ0v) is 13.8. The lowest BCUT2D eigenvalue weighted by Gasteiger charge is -2.26. The van der Waals surface area contributed by atoms with Gasteiger partial charge in [0.2, 0.25) is 0 Å². The molecule has 4 nitrogen and oxygen atoms in total. The van der Waals surface area contributed by atoms with Gasteiger partial charge in [0.25, 0.3) is 0 Å². The number of carbonyl (C=O) groups is 1. The molecule has 0 aromatic rings. The minimum atomic E-state index is -0.627. The molecule has 0 aromatic carbocycles. The third kappa shape index (κ3) is 11.9. The van der Waals surface area contributed by atoms with Crippen LogP contribution in [0.5, 0.6) is 0 Å². The second-order valence-electron chi connectivity index (χ2n) is 6.57. The second-order valence-corrected chi connectivity index (χ2v) is 6.57. The van der Waals surface area contributed by atoms with Gasteiger partial charge in [-0.25, -0.2) is 4.79 Å². The van der Waals surface area contributed by atoms with E-state index in [1.807, 2.05) is 28.1 Å². The fraction of sp³-hybridized carbons (Fsp3) is 0.688. The Kier molecular flexibility index (Phi) is 8.42. The topological polar surface area (TPSA) is 46.5 Å². The Morgan fingerprint density at radius 2 is 1.85 bits per heavy atom. The normalized spacial score (nSPS) is 13.8. The molecule has 0 heterocycles. The number of quaternary nitrogens is 1. The molecule has 0 bridgehead atoms. The number of allylic oxidation sites excluding steroid dienone is 3. The summed E-state index contributed by atoms with van der Waals surface area (Å²) in [5.74, 6) is -0.375. The molecule has 1 unspecified atom stereocenters. The monoisotopic (exact) mass is 284 g/mol. The lowest BCUT2D eigenvalue weighted by Crippen LogP contribution is -2.43. The number of carbonyl (C=O) groups excluding carboxylic acids is 1. The lowest BCUT2D eigenvalue weighted by molar-refractivity contribution is -0.873. The van der Waals surface area contributed by atoms with Crippen molar-refractivity contribution in [1.29, 1.82) is 0 Å². The summed E-state index contributed by atoms with van der Waals surface area (Å²) in [5, 5.41) is 9.75. The first kappa shape index (κ1) is 18.9. The SMILES string of the molecule is CC(C)=CCCC(C)=CC(=O)OCC(O)C[N+](C)(C)C. The first-order valence-corrected chi connectivity index (χ1v) is 7.06. The quantitative estimate of drug-likeness (QED) is 0.322. The predicted octanol–water partition coefficient (Wildman–Crippen LogP) is 2.29. The van der Waals surface area contributed by atoms with Crippen LogP contribution in [-0.2, 0) is 9.53 Å². The molecule has 4 heteroatoms. The van der Waals surface area contributed by atoms with Crippen LogP contribution in [0.3, 0.4) is 0 Å². The van der Waals surface area contributed by atoms with E-state index in [0.717, 1.165) is 18.4 Å². The van der Waals surface area contributed by atoms with Gasteiger partial charge in [-0.15, -0.1) is 0 Å². The molecule has 0 radical (unpaired) electrons. The molecule has 1 atom stereocenters. The van der Waals surface area contributed by atoms with E-state index in [-0.39, 0.29) is 12.6 Å². The van der Waals surface area contributed by atoms with E-state index in [0.29, 0.717) is 11.0 Å². The van der Waals surface area contributed by atoms with Crippen LogP contribution in [0.15, 0.2) is 23.3 Å². The Balaban J connectivity index is 4.06. The summed E-state index contributed by atoms with van der Waals surface area (Å²) in [6, 6.07) is 0. The number of hydrogen-bond donors (Lipinski definition) is 1. The molecular formula is C16H30NO3+. The number of aliphatic hydroxyl groups excluding tert-OH is 1. The van der Waals surface area contributed by atoms with Gasteiger partial charge in [-0.05, 0) is 33.6 Å². The van der Waals surface area contributed by atoms with Crippen LogP contribution >= 0.6 is 0 Å². The van der Waals surface area contributed by atoms with Crippen molar-refractivity contribution in [3.8, 4) is 0 Å². The van der Waals surface area contributed by atoms with Crippen LogP contribution in [-0.4, -0.2) is 56.0 Å². The van der Waals surface area contributed by atoms with Gasteiger partial charge in [0.15, 0.2) is 0 Å². The Morgan fingerprint density at radius 1 is 1.25 bits per heavy atom. The number of nitrogens with zero attached hydrogens (tertiary/aromatic N) is 1. The van der Waals surface area contributed by atoms with Crippen molar-refractivity contribution in [2.45, 2.75) is 39.7 Å². The molecule has 0 aromatic heterocycles. The summed E-state index contributed by atoms with van der Waals surface area (Å²) in [6.45, 7) is 6.63. The number of ether oxygens (including phenoxy) is 1. The summed E-state index contributed by atoms with van der Waals surface area (Å²) in [4.78, 5) is 11.6. The van der Waals surface area contributed by atoms with Gasteiger partial charge in [0.1, 0.15) is 19.3 Å². The van der Waals surface area contributed by atoms with E-state index in [4.69, 9.17) is 4.74 Å². The Bertz CT molecular complexity index is 360. The molecule has 0 spiro atoms. The van der Waals surface area contributed by atoms with Crippen molar-refractivity contribution in [2.24, 2.45) is 0 Å². The third-order valence-corrected chi connectivity index (χ3v) is 2.63. The van der Waals surface area contributed by atoms with Crippen molar-refractivity contribution in [3.05, 3.63) is 23.3 Å². The van der Waals surface area contributed by atoms with E-state index in [2.05, 4.69) is 19.9 Å². The van der Waals surface area contributed by atoms with E-state index < -0.39 is 6.10 Å². The third-order valence-electron chi connectivity index (χ3n) is 2.63. The number of hydrogen-bond acceptors (Lipinski definition) is 3. The fourth-order valence-electron chi connectivity index (χ4n) is 1.77. The first-order valence-electron chi connectivity index (χ1n) is 7.06. The Hall–Kier alpha value is -1.13. The highest BCUT2D eigenvalue weighted by Crippen LogP contribution is 2.07. The van der Waals surface area contributed by atoms with Crippen molar-refractivity contribution in [1.82, 2.24) is 0 Å². The van der Waals surface area contributed by atoms with E-state index in [9.17, 15) is 9.90 Å². The van der Waals surface area contributed by atoms with Gasteiger partial charge in [-0.2, -0.15) is 0 Å². The number of rotatable bonds is 8. The van der Waals surface area contributed by atoms with Crippen LogP contribution in [0.1, 0.15) is 33.6 Å². The molecule has 0 aliphatic heterocycles. The first-order chi connectivity index (χ1) is 9.10. The van der Waals surface area contributed by atoms with E-state index in [1.165, 1.54) is 11.6 Å². The lowest BCUT2D eigenvalue weighted by atomic mass is 10.1. The van der Waals surface area contributed by atoms with Crippen LogP contribution in [0.4, 0.5) is 0 Å². The molecule has 0 rings (SSSR count). The minimum absolute atomic E-state index is 0.0477.